The molecule has 37 heavy (non-hydrogen) atoms. The van der Waals surface area contributed by atoms with Crippen molar-refractivity contribution in [1.29, 1.82) is 0 Å². The van der Waals surface area contributed by atoms with Crippen molar-refractivity contribution in [2.75, 3.05) is 4.31 Å². The molecule has 186 valence electrons. The molecule has 0 bridgehead atoms. The van der Waals surface area contributed by atoms with Crippen LogP contribution >= 0.6 is 0 Å². The minimum absolute atomic E-state index is 0.00170. The highest BCUT2D eigenvalue weighted by atomic mass is 32.2. The molecular weight excluding hydrogens is 487 g/mol. The smallest absolute Gasteiger partial charge is 0.265 e. The molecule has 0 radical (unpaired) electrons. The number of nitrogens with zero attached hydrogens (tertiary/aromatic N) is 1. The molecule has 0 aromatic heterocycles. The van der Waals surface area contributed by atoms with Crippen molar-refractivity contribution in [1.82, 2.24) is 5.32 Å². The van der Waals surface area contributed by atoms with Crippen LogP contribution in [0, 0.1) is 5.82 Å². The van der Waals surface area contributed by atoms with Crippen molar-refractivity contribution in [2.24, 2.45) is 0 Å². The maximum absolute atomic E-state index is 13.9. The Labute approximate surface area is 215 Å². The topological polar surface area (TPSA) is 66.5 Å². The van der Waals surface area contributed by atoms with E-state index in [9.17, 15) is 17.6 Å². The van der Waals surface area contributed by atoms with E-state index in [1.807, 2.05) is 30.3 Å². The van der Waals surface area contributed by atoms with Gasteiger partial charge in [-0.1, -0.05) is 72.8 Å². The number of rotatable bonds is 6. The van der Waals surface area contributed by atoms with E-state index >= 15 is 0 Å². The van der Waals surface area contributed by atoms with Crippen LogP contribution in [0.1, 0.15) is 23.5 Å². The fraction of sp³-hybridized carbons (Fsp3) is 0.167. The number of hydrogen-bond acceptors (Lipinski definition) is 3. The summed E-state index contributed by atoms with van der Waals surface area (Å²) in [4.78, 5) is 13.5. The van der Waals surface area contributed by atoms with Crippen LogP contribution in [0.3, 0.4) is 0 Å². The number of nitrogens with one attached hydrogen (secondary N) is 1. The second-order valence-electron chi connectivity index (χ2n) is 9.55. The van der Waals surface area contributed by atoms with Gasteiger partial charge in [-0.05, 0) is 59.0 Å². The van der Waals surface area contributed by atoms with Gasteiger partial charge in [0, 0.05) is 18.4 Å². The predicted molar refractivity (Wildman–Crippen MR) is 141 cm³/mol. The van der Waals surface area contributed by atoms with Crippen molar-refractivity contribution >= 4 is 21.6 Å². The van der Waals surface area contributed by atoms with Gasteiger partial charge in [-0.2, -0.15) is 0 Å². The molecule has 1 heterocycles. The molecule has 1 aliphatic heterocycles. The molecule has 2 aliphatic rings. The third-order valence-electron chi connectivity index (χ3n) is 7.16. The highest BCUT2D eigenvalue weighted by molar-refractivity contribution is 7.93. The fourth-order valence-corrected chi connectivity index (χ4v) is 6.78. The standard InChI is InChI=1S/C30H25FN2O3S/c31-24-14-10-20(11-15-24)21-12-16-25(17-13-21)37(35,36)33-28-9-5-4-8-23(28)18-29(33)30(34)32-27-19-26(27)22-6-2-1-3-7-22/h1-17,26-27,29H,18-19H2,(H,32,34)/t26-,27+,29+/m1/s1. The van der Waals surface area contributed by atoms with Crippen molar-refractivity contribution in [3.05, 3.63) is 120 Å². The molecule has 1 amide bonds. The van der Waals surface area contributed by atoms with Crippen LogP contribution in [0.25, 0.3) is 11.1 Å². The number of benzene rings is 4. The van der Waals surface area contributed by atoms with Gasteiger partial charge >= 0.3 is 0 Å². The van der Waals surface area contributed by atoms with Crippen molar-refractivity contribution in [3.63, 3.8) is 0 Å². The number of amides is 1. The summed E-state index contributed by atoms with van der Waals surface area (Å²) in [6.45, 7) is 0. The van der Waals surface area contributed by atoms with E-state index in [1.165, 1.54) is 34.1 Å². The number of carbonyl (C=O) groups is 1. The SMILES string of the molecule is O=C(N[C@H]1C[C@@H]1c1ccccc1)[C@@H]1Cc2ccccc2N1S(=O)(=O)c1ccc(-c2ccc(F)cc2)cc1. The summed E-state index contributed by atoms with van der Waals surface area (Å²) < 4.78 is 42.3. The number of halogens is 1. The van der Waals surface area contributed by atoms with Crippen molar-refractivity contribution < 1.29 is 17.6 Å². The Bertz CT molecular complexity index is 1550. The molecular formula is C30H25FN2O3S. The molecule has 1 fully saturated rings. The zero-order chi connectivity index (χ0) is 25.6. The Morgan fingerprint density at radius 2 is 1.43 bits per heavy atom. The van der Waals surface area contributed by atoms with Gasteiger partial charge in [0.05, 0.1) is 10.6 Å². The minimum Gasteiger partial charge on any atom is -0.351 e. The van der Waals surface area contributed by atoms with E-state index in [2.05, 4.69) is 17.4 Å². The first-order valence-electron chi connectivity index (χ1n) is 12.3. The number of hydrogen-bond donors (Lipinski definition) is 1. The Kier molecular flexibility index (Phi) is 5.80. The van der Waals surface area contributed by atoms with Gasteiger partial charge in [0.15, 0.2) is 0 Å². The van der Waals surface area contributed by atoms with E-state index in [1.54, 1.807) is 36.4 Å². The number of carbonyl (C=O) groups excluding carboxylic acids is 1. The first kappa shape index (κ1) is 23.4. The second-order valence-corrected chi connectivity index (χ2v) is 11.4. The Morgan fingerprint density at radius 1 is 0.811 bits per heavy atom. The average molecular weight is 513 g/mol. The normalized spacial score (nSPS) is 20.4. The molecule has 4 aromatic carbocycles. The maximum Gasteiger partial charge on any atom is 0.265 e. The van der Waals surface area contributed by atoms with Crippen LogP contribution in [0.2, 0.25) is 0 Å². The predicted octanol–water partition coefficient (Wildman–Crippen LogP) is 5.29. The van der Waals surface area contributed by atoms with Gasteiger partial charge in [0.2, 0.25) is 5.91 Å². The molecule has 1 saturated carbocycles. The van der Waals surface area contributed by atoms with Crippen LogP contribution in [-0.4, -0.2) is 26.4 Å². The van der Waals surface area contributed by atoms with E-state index in [-0.39, 0.29) is 28.6 Å². The van der Waals surface area contributed by atoms with Gasteiger partial charge < -0.3 is 5.32 Å². The molecule has 5 nitrogen and oxygen atoms in total. The quantitative estimate of drug-likeness (QED) is 0.382. The van der Waals surface area contributed by atoms with Gasteiger partial charge in [0.1, 0.15) is 11.9 Å². The van der Waals surface area contributed by atoms with E-state index < -0.39 is 16.1 Å². The molecule has 6 rings (SSSR count). The number of sulfonamides is 1. The summed E-state index contributed by atoms with van der Waals surface area (Å²) >= 11 is 0. The summed E-state index contributed by atoms with van der Waals surface area (Å²) in [7, 11) is -4.02. The number of para-hydroxylation sites is 1. The van der Waals surface area contributed by atoms with Crippen molar-refractivity contribution in [2.45, 2.75) is 35.7 Å². The monoisotopic (exact) mass is 512 g/mol. The molecule has 0 unspecified atom stereocenters. The second kappa shape index (κ2) is 9.16. The molecule has 0 saturated heterocycles. The average Bonchev–Trinajstić information content (AvgIpc) is 3.57. The lowest BCUT2D eigenvalue weighted by atomic mass is 10.1. The highest BCUT2D eigenvalue weighted by Gasteiger charge is 2.46. The summed E-state index contributed by atoms with van der Waals surface area (Å²) in [6, 6.07) is 28.9. The Balaban J connectivity index is 1.27. The lowest BCUT2D eigenvalue weighted by molar-refractivity contribution is -0.122. The molecule has 1 aliphatic carbocycles. The molecule has 3 atom stereocenters. The zero-order valence-electron chi connectivity index (χ0n) is 19.9. The van der Waals surface area contributed by atoms with E-state index in [0.29, 0.717) is 12.1 Å². The summed E-state index contributed by atoms with van der Waals surface area (Å²) in [5.41, 5.74) is 4.08. The van der Waals surface area contributed by atoms with Crippen LogP contribution in [0.15, 0.2) is 108 Å². The third-order valence-corrected chi connectivity index (χ3v) is 9.00. The lowest BCUT2D eigenvalue weighted by Gasteiger charge is -2.26. The van der Waals surface area contributed by atoms with Crippen LogP contribution in [0.4, 0.5) is 10.1 Å². The van der Waals surface area contributed by atoms with Crippen molar-refractivity contribution in [3.8, 4) is 11.1 Å². The van der Waals surface area contributed by atoms with Gasteiger partial charge in [0.25, 0.3) is 10.0 Å². The minimum atomic E-state index is -4.02. The third kappa shape index (κ3) is 4.40. The van der Waals surface area contributed by atoms with Crippen LogP contribution in [-0.2, 0) is 21.2 Å². The maximum atomic E-state index is 13.9. The molecule has 7 heteroatoms. The Hall–Kier alpha value is -3.97. The largest absolute Gasteiger partial charge is 0.351 e. The van der Waals surface area contributed by atoms with Gasteiger partial charge in [-0.3, -0.25) is 9.10 Å². The van der Waals surface area contributed by atoms with E-state index in [4.69, 9.17) is 0 Å². The fourth-order valence-electron chi connectivity index (χ4n) is 5.13. The zero-order valence-corrected chi connectivity index (χ0v) is 20.7. The van der Waals surface area contributed by atoms with Gasteiger partial charge in [-0.25, -0.2) is 12.8 Å². The molecule has 1 N–H and O–H groups in total. The van der Waals surface area contributed by atoms with Gasteiger partial charge in [-0.15, -0.1) is 0 Å². The molecule has 4 aromatic rings. The first-order chi connectivity index (χ1) is 17.9. The van der Waals surface area contributed by atoms with E-state index in [0.717, 1.165) is 23.1 Å². The summed E-state index contributed by atoms with van der Waals surface area (Å²) in [6.07, 6.45) is 1.16. The summed E-state index contributed by atoms with van der Waals surface area (Å²) in [5, 5.41) is 3.09. The number of fused-ring (bicyclic) bond motifs is 1. The number of anilines is 1. The first-order valence-corrected chi connectivity index (χ1v) is 13.7. The molecule has 0 spiro atoms. The van der Waals surface area contributed by atoms with Crippen LogP contribution < -0.4 is 9.62 Å². The highest BCUT2D eigenvalue weighted by Crippen LogP contribution is 2.42. The van der Waals surface area contributed by atoms with Crippen LogP contribution in [0.5, 0.6) is 0 Å². The summed E-state index contributed by atoms with van der Waals surface area (Å²) in [5.74, 6) is -0.370. The Morgan fingerprint density at radius 3 is 2.14 bits per heavy atom. The lowest BCUT2D eigenvalue weighted by Crippen LogP contribution is -2.48.